The fourth-order valence-electron chi connectivity index (χ4n) is 2.10. The summed E-state index contributed by atoms with van der Waals surface area (Å²) in [5.41, 5.74) is 5.49. The summed E-state index contributed by atoms with van der Waals surface area (Å²) in [5, 5.41) is 0. The molecule has 0 amide bonds. The second kappa shape index (κ2) is 4.11. The van der Waals surface area contributed by atoms with Crippen LogP contribution in [0.4, 0.5) is 5.95 Å². The highest BCUT2D eigenvalue weighted by atomic mass is 32.2. The van der Waals surface area contributed by atoms with Gasteiger partial charge in [0.05, 0.1) is 18.0 Å². The summed E-state index contributed by atoms with van der Waals surface area (Å²) in [6.45, 7) is 0.456. The van der Waals surface area contributed by atoms with Gasteiger partial charge in [0.2, 0.25) is 16.0 Å². The minimum absolute atomic E-state index is 0.00727. The fraction of sp³-hybridized carbons (Fsp3) is 0.556. The van der Waals surface area contributed by atoms with Crippen LogP contribution in [-0.4, -0.2) is 35.5 Å². The zero-order chi connectivity index (χ0) is 12.6. The van der Waals surface area contributed by atoms with Gasteiger partial charge in [0, 0.05) is 12.6 Å². The lowest BCUT2D eigenvalue weighted by molar-refractivity contribution is 0.393. The molecule has 0 aromatic carbocycles. The highest BCUT2D eigenvalue weighted by Crippen LogP contribution is 2.32. The maximum Gasteiger partial charge on any atom is 0.252 e. The number of nitrogens with zero attached hydrogens (tertiary/aromatic N) is 2. The van der Waals surface area contributed by atoms with Crippen LogP contribution in [0.25, 0.3) is 0 Å². The largest absolute Gasteiger partial charge is 0.369 e. The Morgan fingerprint density at radius 1 is 1.59 bits per heavy atom. The Morgan fingerprint density at radius 3 is 2.88 bits per heavy atom. The normalized spacial score (nSPS) is 21.8. The van der Waals surface area contributed by atoms with Crippen molar-refractivity contribution in [3.05, 3.63) is 22.1 Å². The monoisotopic (exact) mass is 258 g/mol. The van der Waals surface area contributed by atoms with Crippen LogP contribution in [0.3, 0.4) is 0 Å². The van der Waals surface area contributed by atoms with Crippen molar-refractivity contribution in [3.63, 3.8) is 0 Å². The maximum atomic E-state index is 11.6. The molecule has 0 bridgehead atoms. The third-order valence-corrected chi connectivity index (χ3v) is 4.04. The van der Waals surface area contributed by atoms with Gasteiger partial charge >= 0.3 is 0 Å². The summed E-state index contributed by atoms with van der Waals surface area (Å²) >= 11 is 0. The molecule has 17 heavy (non-hydrogen) atoms. The van der Waals surface area contributed by atoms with Gasteiger partial charge in [-0.1, -0.05) is 0 Å². The van der Waals surface area contributed by atoms with Crippen LogP contribution in [0.15, 0.2) is 10.9 Å². The number of nitrogens with one attached hydrogen (secondary N) is 1. The van der Waals surface area contributed by atoms with Crippen molar-refractivity contribution in [1.82, 2.24) is 14.3 Å². The Bertz CT molecular complexity index is 580. The molecule has 94 valence electrons. The van der Waals surface area contributed by atoms with E-state index in [2.05, 4.69) is 9.97 Å². The molecule has 1 aromatic rings. The summed E-state index contributed by atoms with van der Waals surface area (Å²) in [6, 6.07) is 0.916. The number of rotatable bonds is 2. The summed E-state index contributed by atoms with van der Waals surface area (Å²) in [7, 11) is -3.29. The highest BCUT2D eigenvalue weighted by Gasteiger charge is 2.33. The quantitative estimate of drug-likeness (QED) is 0.739. The molecule has 0 spiro atoms. The van der Waals surface area contributed by atoms with Gasteiger partial charge in [0.1, 0.15) is 0 Å². The van der Waals surface area contributed by atoms with E-state index < -0.39 is 10.0 Å². The molecule has 0 unspecified atom stereocenters. The summed E-state index contributed by atoms with van der Waals surface area (Å²) in [4.78, 5) is 17.6. The van der Waals surface area contributed by atoms with Gasteiger partial charge < -0.3 is 5.73 Å². The smallest absolute Gasteiger partial charge is 0.252 e. The molecule has 1 fully saturated rings. The summed E-state index contributed by atoms with van der Waals surface area (Å²) < 4.78 is 24.5. The Balaban J connectivity index is 2.42. The molecule has 0 saturated carbocycles. The van der Waals surface area contributed by atoms with Crippen LogP contribution >= 0.6 is 0 Å². The Kier molecular flexibility index (Phi) is 2.92. The molecular formula is C9H14N4O3S. The first-order chi connectivity index (χ1) is 7.88. The SMILES string of the molecule is CS(=O)(=O)N1CCC[C@@H]1c1cc(=O)[nH]c(N)n1. The van der Waals surface area contributed by atoms with Crippen molar-refractivity contribution in [1.29, 1.82) is 0 Å². The Morgan fingerprint density at radius 2 is 2.29 bits per heavy atom. The molecule has 1 saturated heterocycles. The average Bonchev–Trinajstić information content (AvgIpc) is 2.63. The minimum Gasteiger partial charge on any atom is -0.369 e. The van der Waals surface area contributed by atoms with Crippen molar-refractivity contribution in [2.45, 2.75) is 18.9 Å². The van der Waals surface area contributed by atoms with Gasteiger partial charge in [-0.3, -0.25) is 9.78 Å². The molecule has 7 nitrogen and oxygen atoms in total. The highest BCUT2D eigenvalue weighted by molar-refractivity contribution is 7.88. The van der Waals surface area contributed by atoms with Crippen molar-refractivity contribution in [3.8, 4) is 0 Å². The molecule has 3 N–H and O–H groups in total. The fourth-order valence-corrected chi connectivity index (χ4v) is 3.24. The third kappa shape index (κ3) is 2.47. The summed E-state index contributed by atoms with van der Waals surface area (Å²) in [6.07, 6.45) is 2.57. The van der Waals surface area contributed by atoms with E-state index in [9.17, 15) is 13.2 Å². The Hall–Kier alpha value is -1.41. The van der Waals surface area contributed by atoms with E-state index in [4.69, 9.17) is 5.73 Å². The molecule has 2 rings (SSSR count). The molecule has 0 radical (unpaired) electrons. The number of sulfonamides is 1. The van der Waals surface area contributed by atoms with E-state index in [1.165, 1.54) is 10.4 Å². The van der Waals surface area contributed by atoms with E-state index in [1.54, 1.807) is 0 Å². The second-order valence-electron chi connectivity index (χ2n) is 4.09. The van der Waals surface area contributed by atoms with Crippen molar-refractivity contribution in [2.75, 3.05) is 18.5 Å². The van der Waals surface area contributed by atoms with E-state index >= 15 is 0 Å². The molecule has 8 heteroatoms. The van der Waals surface area contributed by atoms with Crippen LogP contribution in [0.2, 0.25) is 0 Å². The second-order valence-corrected chi connectivity index (χ2v) is 6.02. The van der Waals surface area contributed by atoms with E-state index in [0.717, 1.165) is 12.7 Å². The number of hydrogen-bond donors (Lipinski definition) is 2. The van der Waals surface area contributed by atoms with Gasteiger partial charge in [-0.2, -0.15) is 4.31 Å². The molecule has 2 heterocycles. The number of hydrogen-bond acceptors (Lipinski definition) is 5. The average molecular weight is 258 g/mol. The standard InChI is InChI=1S/C9H14N4O3S/c1-17(15,16)13-4-2-3-7(13)6-5-8(14)12-9(10)11-6/h5,7H,2-4H2,1H3,(H3,10,11,12,14)/t7-/m1/s1. The lowest BCUT2D eigenvalue weighted by Crippen LogP contribution is -2.30. The molecule has 1 atom stereocenters. The molecule has 0 aliphatic carbocycles. The lowest BCUT2D eigenvalue weighted by Gasteiger charge is -2.21. The predicted octanol–water partition coefficient (Wildman–Crippen LogP) is -0.551. The van der Waals surface area contributed by atoms with Crippen LogP contribution in [0.5, 0.6) is 0 Å². The molecule has 1 aliphatic rings. The van der Waals surface area contributed by atoms with Gasteiger partial charge in [-0.25, -0.2) is 13.4 Å². The first kappa shape index (κ1) is 12.1. The van der Waals surface area contributed by atoms with E-state index in [1.807, 2.05) is 0 Å². The van der Waals surface area contributed by atoms with E-state index in [0.29, 0.717) is 18.7 Å². The number of nitrogens with two attached hydrogens (primary N) is 1. The third-order valence-electron chi connectivity index (χ3n) is 2.75. The number of aromatic amines is 1. The van der Waals surface area contributed by atoms with Gasteiger partial charge in [0.15, 0.2) is 0 Å². The van der Waals surface area contributed by atoms with Gasteiger partial charge in [0.25, 0.3) is 5.56 Å². The predicted molar refractivity (Wildman–Crippen MR) is 62.8 cm³/mol. The minimum atomic E-state index is -3.29. The van der Waals surface area contributed by atoms with Crippen LogP contribution in [0.1, 0.15) is 24.6 Å². The van der Waals surface area contributed by atoms with Crippen LogP contribution < -0.4 is 11.3 Å². The first-order valence-electron chi connectivity index (χ1n) is 5.21. The number of aromatic nitrogens is 2. The van der Waals surface area contributed by atoms with Crippen molar-refractivity contribution in [2.24, 2.45) is 0 Å². The molecular weight excluding hydrogens is 244 g/mol. The van der Waals surface area contributed by atoms with Crippen molar-refractivity contribution >= 4 is 16.0 Å². The zero-order valence-corrected chi connectivity index (χ0v) is 10.2. The maximum absolute atomic E-state index is 11.6. The zero-order valence-electron chi connectivity index (χ0n) is 9.38. The van der Waals surface area contributed by atoms with Crippen LogP contribution in [0, 0.1) is 0 Å². The van der Waals surface area contributed by atoms with Gasteiger partial charge in [-0.05, 0) is 12.8 Å². The summed E-state index contributed by atoms with van der Waals surface area (Å²) in [5.74, 6) is 0.00727. The number of anilines is 1. The van der Waals surface area contributed by atoms with Crippen LogP contribution in [-0.2, 0) is 10.0 Å². The van der Waals surface area contributed by atoms with E-state index in [-0.39, 0.29) is 17.5 Å². The molecule has 1 aromatic heterocycles. The van der Waals surface area contributed by atoms with Crippen molar-refractivity contribution < 1.29 is 8.42 Å². The number of H-pyrrole nitrogens is 1. The number of nitrogen functional groups attached to an aromatic ring is 1. The topological polar surface area (TPSA) is 109 Å². The molecule has 1 aliphatic heterocycles. The lowest BCUT2D eigenvalue weighted by atomic mass is 10.1. The Labute approximate surface area is 98.7 Å². The first-order valence-corrected chi connectivity index (χ1v) is 7.06. The van der Waals surface area contributed by atoms with Gasteiger partial charge in [-0.15, -0.1) is 0 Å².